The van der Waals surface area contributed by atoms with Crippen molar-refractivity contribution in [2.45, 2.75) is 33.4 Å². The molecular formula is C17H21NO. The van der Waals surface area contributed by atoms with Gasteiger partial charge in [0.1, 0.15) is 11.5 Å². The van der Waals surface area contributed by atoms with Gasteiger partial charge in [-0.25, -0.2) is 0 Å². The minimum Gasteiger partial charge on any atom is -0.457 e. The first-order valence-corrected chi connectivity index (χ1v) is 6.71. The molecule has 19 heavy (non-hydrogen) atoms. The Bertz CT molecular complexity index is 534. The Morgan fingerprint density at radius 3 is 2.26 bits per heavy atom. The van der Waals surface area contributed by atoms with E-state index in [0.717, 1.165) is 23.6 Å². The van der Waals surface area contributed by atoms with Crippen LogP contribution in [0.1, 0.15) is 25.0 Å². The van der Waals surface area contributed by atoms with Crippen molar-refractivity contribution in [2.24, 2.45) is 0 Å². The quantitative estimate of drug-likeness (QED) is 0.860. The fourth-order valence-corrected chi connectivity index (χ4v) is 1.85. The van der Waals surface area contributed by atoms with Gasteiger partial charge in [-0.1, -0.05) is 50.2 Å². The van der Waals surface area contributed by atoms with E-state index in [9.17, 15) is 0 Å². The van der Waals surface area contributed by atoms with Crippen molar-refractivity contribution in [2.75, 3.05) is 0 Å². The third-order valence-corrected chi connectivity index (χ3v) is 2.99. The molecule has 0 atom stereocenters. The summed E-state index contributed by atoms with van der Waals surface area (Å²) in [6.07, 6.45) is 0. The molecule has 0 spiro atoms. The van der Waals surface area contributed by atoms with Crippen molar-refractivity contribution >= 4 is 0 Å². The van der Waals surface area contributed by atoms with Crippen molar-refractivity contribution in [1.29, 1.82) is 0 Å². The van der Waals surface area contributed by atoms with Crippen LogP contribution >= 0.6 is 0 Å². The highest BCUT2D eigenvalue weighted by atomic mass is 16.5. The van der Waals surface area contributed by atoms with Crippen LogP contribution in [0.5, 0.6) is 11.5 Å². The first-order valence-electron chi connectivity index (χ1n) is 6.71. The molecule has 0 saturated carbocycles. The van der Waals surface area contributed by atoms with Crippen LogP contribution in [-0.2, 0) is 6.54 Å². The van der Waals surface area contributed by atoms with Gasteiger partial charge in [0.15, 0.2) is 0 Å². The molecule has 0 aliphatic rings. The highest BCUT2D eigenvalue weighted by molar-refractivity contribution is 5.40. The SMILES string of the molecule is Cc1ccccc1Oc1ccccc1CNC(C)C. The van der Waals surface area contributed by atoms with Crippen LogP contribution in [0.25, 0.3) is 0 Å². The summed E-state index contributed by atoms with van der Waals surface area (Å²) in [6, 6.07) is 16.7. The molecule has 0 unspecified atom stereocenters. The van der Waals surface area contributed by atoms with Crippen molar-refractivity contribution in [1.82, 2.24) is 5.32 Å². The van der Waals surface area contributed by atoms with Crippen LogP contribution < -0.4 is 10.1 Å². The van der Waals surface area contributed by atoms with Gasteiger partial charge >= 0.3 is 0 Å². The molecule has 0 aliphatic carbocycles. The first kappa shape index (κ1) is 13.6. The van der Waals surface area contributed by atoms with Gasteiger partial charge < -0.3 is 10.1 Å². The highest BCUT2D eigenvalue weighted by Gasteiger charge is 2.06. The average Bonchev–Trinajstić information content (AvgIpc) is 2.40. The standard InChI is InChI=1S/C17H21NO/c1-13(2)18-12-15-9-5-7-11-17(15)19-16-10-6-4-8-14(16)3/h4-11,13,18H,12H2,1-3H3. The van der Waals surface area contributed by atoms with Crippen LogP contribution in [0.4, 0.5) is 0 Å². The Balaban J connectivity index is 2.18. The zero-order chi connectivity index (χ0) is 13.7. The number of hydrogen-bond donors (Lipinski definition) is 1. The second-order valence-corrected chi connectivity index (χ2v) is 5.01. The maximum atomic E-state index is 6.03. The maximum absolute atomic E-state index is 6.03. The van der Waals surface area contributed by atoms with Crippen molar-refractivity contribution < 1.29 is 4.74 Å². The van der Waals surface area contributed by atoms with Crippen LogP contribution in [0.15, 0.2) is 48.5 Å². The Morgan fingerprint density at radius 2 is 1.58 bits per heavy atom. The second-order valence-electron chi connectivity index (χ2n) is 5.01. The monoisotopic (exact) mass is 255 g/mol. The molecule has 2 rings (SSSR count). The minimum atomic E-state index is 0.464. The molecule has 2 heteroatoms. The summed E-state index contributed by atoms with van der Waals surface area (Å²) in [5.41, 5.74) is 2.33. The van der Waals surface area contributed by atoms with E-state index in [1.54, 1.807) is 0 Å². The van der Waals surface area contributed by atoms with Gasteiger partial charge in [-0.05, 0) is 24.6 Å². The zero-order valence-electron chi connectivity index (χ0n) is 11.8. The summed E-state index contributed by atoms with van der Waals surface area (Å²) in [5, 5.41) is 3.42. The molecule has 0 saturated heterocycles. The predicted molar refractivity (Wildman–Crippen MR) is 79.7 cm³/mol. The summed E-state index contributed by atoms with van der Waals surface area (Å²) >= 11 is 0. The van der Waals surface area contributed by atoms with E-state index in [1.807, 2.05) is 36.4 Å². The van der Waals surface area contributed by atoms with Crippen LogP contribution in [0, 0.1) is 6.92 Å². The summed E-state index contributed by atoms with van der Waals surface area (Å²) in [4.78, 5) is 0. The average molecular weight is 255 g/mol. The summed E-state index contributed by atoms with van der Waals surface area (Å²) < 4.78 is 6.03. The summed E-state index contributed by atoms with van der Waals surface area (Å²) in [5.74, 6) is 1.84. The third-order valence-electron chi connectivity index (χ3n) is 2.99. The van der Waals surface area contributed by atoms with E-state index in [-0.39, 0.29) is 0 Å². The van der Waals surface area contributed by atoms with Crippen LogP contribution in [-0.4, -0.2) is 6.04 Å². The molecular weight excluding hydrogens is 234 g/mol. The summed E-state index contributed by atoms with van der Waals surface area (Å²) in [6.45, 7) is 7.17. The predicted octanol–water partition coefficient (Wildman–Crippen LogP) is 4.29. The number of benzene rings is 2. The van der Waals surface area contributed by atoms with E-state index in [2.05, 4.69) is 38.2 Å². The number of aryl methyl sites for hydroxylation is 1. The number of hydrogen-bond acceptors (Lipinski definition) is 2. The molecule has 0 radical (unpaired) electrons. The molecule has 1 N–H and O–H groups in total. The lowest BCUT2D eigenvalue weighted by Crippen LogP contribution is -2.22. The lowest BCUT2D eigenvalue weighted by atomic mass is 10.2. The maximum Gasteiger partial charge on any atom is 0.131 e. The normalized spacial score (nSPS) is 10.7. The van der Waals surface area contributed by atoms with Gasteiger partial charge in [0.2, 0.25) is 0 Å². The molecule has 0 heterocycles. The molecule has 0 aromatic heterocycles. The first-order chi connectivity index (χ1) is 9.16. The van der Waals surface area contributed by atoms with Gasteiger partial charge in [-0.3, -0.25) is 0 Å². The van der Waals surface area contributed by atoms with E-state index < -0.39 is 0 Å². The molecule has 2 aromatic rings. The van der Waals surface area contributed by atoms with Crippen LogP contribution in [0.3, 0.4) is 0 Å². The Kier molecular flexibility index (Phi) is 4.58. The van der Waals surface area contributed by atoms with Gasteiger partial charge in [0.05, 0.1) is 0 Å². The molecule has 2 nitrogen and oxygen atoms in total. The zero-order valence-corrected chi connectivity index (χ0v) is 11.8. The number of para-hydroxylation sites is 2. The lowest BCUT2D eigenvalue weighted by Gasteiger charge is -2.14. The molecule has 100 valence electrons. The molecule has 0 fully saturated rings. The van der Waals surface area contributed by atoms with Gasteiger partial charge in [-0.15, -0.1) is 0 Å². The van der Waals surface area contributed by atoms with Crippen molar-refractivity contribution in [3.8, 4) is 11.5 Å². The smallest absolute Gasteiger partial charge is 0.131 e. The van der Waals surface area contributed by atoms with Gasteiger partial charge in [-0.2, -0.15) is 0 Å². The lowest BCUT2D eigenvalue weighted by molar-refractivity contribution is 0.466. The van der Waals surface area contributed by atoms with Gasteiger partial charge in [0, 0.05) is 18.2 Å². The number of nitrogens with one attached hydrogen (secondary N) is 1. The van der Waals surface area contributed by atoms with E-state index in [1.165, 1.54) is 5.56 Å². The number of rotatable bonds is 5. The molecule has 0 amide bonds. The molecule has 2 aromatic carbocycles. The number of ether oxygens (including phenoxy) is 1. The summed E-state index contributed by atoms with van der Waals surface area (Å²) in [7, 11) is 0. The largest absolute Gasteiger partial charge is 0.457 e. The Labute approximate surface area is 115 Å². The van der Waals surface area contributed by atoms with Gasteiger partial charge in [0.25, 0.3) is 0 Å². The van der Waals surface area contributed by atoms with Crippen molar-refractivity contribution in [3.05, 3.63) is 59.7 Å². The fourth-order valence-electron chi connectivity index (χ4n) is 1.85. The molecule has 0 aliphatic heterocycles. The Morgan fingerprint density at radius 1 is 0.947 bits per heavy atom. The highest BCUT2D eigenvalue weighted by Crippen LogP contribution is 2.27. The minimum absolute atomic E-state index is 0.464. The fraction of sp³-hybridized carbons (Fsp3) is 0.294. The topological polar surface area (TPSA) is 21.3 Å². The van der Waals surface area contributed by atoms with Crippen LogP contribution in [0.2, 0.25) is 0 Å². The van der Waals surface area contributed by atoms with E-state index in [4.69, 9.17) is 4.74 Å². The molecule has 0 bridgehead atoms. The van der Waals surface area contributed by atoms with Crippen molar-refractivity contribution in [3.63, 3.8) is 0 Å². The second kappa shape index (κ2) is 6.39. The van der Waals surface area contributed by atoms with E-state index >= 15 is 0 Å². The third kappa shape index (κ3) is 3.83. The van der Waals surface area contributed by atoms with E-state index in [0.29, 0.717) is 6.04 Å². The Hall–Kier alpha value is -1.80.